The summed E-state index contributed by atoms with van der Waals surface area (Å²) in [4.78, 5) is 11.1. The van der Waals surface area contributed by atoms with Gasteiger partial charge in [0.15, 0.2) is 0 Å². The number of hydrogen-bond acceptors (Lipinski definition) is 4. The zero-order valence-electron chi connectivity index (χ0n) is 12.5. The number of ether oxygens (including phenoxy) is 2. The van der Waals surface area contributed by atoms with Crippen molar-refractivity contribution in [2.75, 3.05) is 19.8 Å². The second kappa shape index (κ2) is 15.3. The van der Waals surface area contributed by atoms with Crippen LogP contribution in [0.4, 0.5) is 4.79 Å². The maximum Gasteiger partial charge on any atom is 0.508 e. The van der Waals surface area contributed by atoms with Crippen LogP contribution in [0, 0.1) is 0 Å². The van der Waals surface area contributed by atoms with Crippen LogP contribution in [0.3, 0.4) is 0 Å². The molecule has 0 saturated heterocycles. The molecule has 2 N–H and O–H groups in total. The van der Waals surface area contributed by atoms with Crippen LogP contribution in [-0.2, 0) is 9.47 Å². The second-order valence-corrected chi connectivity index (χ2v) is 4.92. The summed E-state index contributed by atoms with van der Waals surface area (Å²) < 4.78 is 9.87. The van der Waals surface area contributed by atoms with Crippen LogP contribution in [-0.4, -0.2) is 25.9 Å². The maximum atomic E-state index is 11.1. The molecule has 0 aliphatic heterocycles. The molecule has 0 amide bonds. The third-order valence-electron chi connectivity index (χ3n) is 3.04. The van der Waals surface area contributed by atoms with Gasteiger partial charge in [-0.2, -0.15) is 0 Å². The Hall–Kier alpha value is -0.770. The van der Waals surface area contributed by atoms with Gasteiger partial charge in [0.2, 0.25) is 0 Å². The number of hydrogen-bond donors (Lipinski definition) is 1. The first-order valence-corrected chi connectivity index (χ1v) is 7.81. The molecule has 0 rings (SSSR count). The molecule has 114 valence electrons. The predicted molar refractivity (Wildman–Crippen MR) is 78.2 cm³/mol. The molecule has 4 heteroatoms. The molecule has 0 spiro atoms. The topological polar surface area (TPSA) is 61.5 Å². The fraction of sp³-hybridized carbons (Fsp3) is 0.933. The molecule has 0 bridgehead atoms. The summed E-state index contributed by atoms with van der Waals surface area (Å²) in [7, 11) is 0. The summed E-state index contributed by atoms with van der Waals surface area (Å²) in [6.07, 6.45) is 11.1. The zero-order chi connectivity index (χ0) is 14.2. The predicted octanol–water partition coefficient (Wildman–Crippen LogP) is 4.02. The van der Waals surface area contributed by atoms with Crippen LogP contribution < -0.4 is 5.73 Å². The Balaban J connectivity index is 3.10. The van der Waals surface area contributed by atoms with Gasteiger partial charge >= 0.3 is 6.16 Å². The number of carbonyl (C=O) groups excluding carboxylic acids is 1. The van der Waals surface area contributed by atoms with E-state index in [0.29, 0.717) is 19.8 Å². The van der Waals surface area contributed by atoms with Crippen LogP contribution in [0.2, 0.25) is 0 Å². The van der Waals surface area contributed by atoms with E-state index in [9.17, 15) is 4.79 Å². The lowest BCUT2D eigenvalue weighted by Crippen LogP contribution is -2.10. The first-order chi connectivity index (χ1) is 9.31. The summed E-state index contributed by atoms with van der Waals surface area (Å²) >= 11 is 0. The number of unbranched alkanes of at least 4 members (excludes halogenated alkanes) is 8. The molecular weight excluding hydrogens is 242 g/mol. The zero-order valence-corrected chi connectivity index (χ0v) is 12.5. The third-order valence-corrected chi connectivity index (χ3v) is 3.04. The highest BCUT2D eigenvalue weighted by Crippen LogP contribution is 2.08. The molecule has 0 saturated carbocycles. The summed E-state index contributed by atoms with van der Waals surface area (Å²) in [5.41, 5.74) is 5.34. The quantitative estimate of drug-likeness (QED) is 0.406. The van der Waals surface area contributed by atoms with Crippen LogP contribution in [0.15, 0.2) is 0 Å². The van der Waals surface area contributed by atoms with E-state index in [2.05, 4.69) is 6.92 Å². The molecule has 0 aromatic carbocycles. The van der Waals surface area contributed by atoms with Crippen molar-refractivity contribution < 1.29 is 14.3 Å². The van der Waals surface area contributed by atoms with E-state index >= 15 is 0 Å². The lowest BCUT2D eigenvalue weighted by Gasteiger charge is -2.06. The summed E-state index contributed by atoms with van der Waals surface area (Å²) in [5.74, 6) is 0. The molecule has 4 nitrogen and oxygen atoms in total. The summed E-state index contributed by atoms with van der Waals surface area (Å²) in [6.45, 7) is 3.75. The molecule has 0 atom stereocenters. The smallest absolute Gasteiger partial charge is 0.434 e. The van der Waals surface area contributed by atoms with Crippen molar-refractivity contribution in [1.29, 1.82) is 0 Å². The van der Waals surface area contributed by atoms with E-state index in [1.165, 1.54) is 38.5 Å². The normalized spacial score (nSPS) is 10.4. The molecule has 0 aliphatic carbocycles. The summed E-state index contributed by atoms with van der Waals surface area (Å²) in [6, 6.07) is 0. The van der Waals surface area contributed by atoms with Gasteiger partial charge in [0.1, 0.15) is 0 Å². The highest BCUT2D eigenvalue weighted by molar-refractivity contribution is 5.59. The number of nitrogens with two attached hydrogens (primary N) is 1. The molecule has 0 aromatic heterocycles. The third kappa shape index (κ3) is 15.2. The summed E-state index contributed by atoms with van der Waals surface area (Å²) in [5, 5.41) is 0. The van der Waals surface area contributed by atoms with Crippen molar-refractivity contribution >= 4 is 6.16 Å². The number of carbonyl (C=O) groups is 1. The molecule has 0 fully saturated rings. The van der Waals surface area contributed by atoms with Crippen molar-refractivity contribution in [1.82, 2.24) is 0 Å². The Bertz CT molecular complexity index is 198. The Morgan fingerprint density at radius 1 is 0.789 bits per heavy atom. The van der Waals surface area contributed by atoms with Gasteiger partial charge in [-0.3, -0.25) is 0 Å². The van der Waals surface area contributed by atoms with E-state index in [-0.39, 0.29) is 0 Å². The Kier molecular flexibility index (Phi) is 14.7. The van der Waals surface area contributed by atoms with Gasteiger partial charge in [-0.15, -0.1) is 0 Å². The fourth-order valence-corrected chi connectivity index (χ4v) is 1.84. The van der Waals surface area contributed by atoms with E-state index < -0.39 is 6.16 Å². The minimum atomic E-state index is -0.542. The van der Waals surface area contributed by atoms with Crippen molar-refractivity contribution in [2.24, 2.45) is 5.73 Å². The first kappa shape index (κ1) is 18.2. The van der Waals surface area contributed by atoms with E-state index in [0.717, 1.165) is 25.7 Å². The molecule has 0 aliphatic rings. The lowest BCUT2D eigenvalue weighted by molar-refractivity contribution is 0.0531. The minimum Gasteiger partial charge on any atom is -0.434 e. The largest absolute Gasteiger partial charge is 0.508 e. The Morgan fingerprint density at radius 3 is 1.79 bits per heavy atom. The van der Waals surface area contributed by atoms with Crippen LogP contribution in [0.1, 0.15) is 71.1 Å². The van der Waals surface area contributed by atoms with Gasteiger partial charge in [-0.1, -0.05) is 51.9 Å². The molecule has 0 unspecified atom stereocenters. The maximum absolute atomic E-state index is 11.1. The van der Waals surface area contributed by atoms with Gasteiger partial charge < -0.3 is 15.2 Å². The van der Waals surface area contributed by atoms with Crippen molar-refractivity contribution in [2.45, 2.75) is 71.1 Å². The average Bonchev–Trinajstić information content (AvgIpc) is 2.42. The lowest BCUT2D eigenvalue weighted by atomic mass is 10.1. The van der Waals surface area contributed by atoms with Crippen molar-refractivity contribution in [3.63, 3.8) is 0 Å². The van der Waals surface area contributed by atoms with Crippen LogP contribution >= 0.6 is 0 Å². The van der Waals surface area contributed by atoms with Crippen molar-refractivity contribution in [3.8, 4) is 0 Å². The second-order valence-electron chi connectivity index (χ2n) is 4.92. The van der Waals surface area contributed by atoms with E-state index in [1.54, 1.807) is 0 Å². The molecule has 0 heterocycles. The van der Waals surface area contributed by atoms with Gasteiger partial charge in [-0.25, -0.2) is 4.79 Å². The van der Waals surface area contributed by atoms with Gasteiger partial charge in [0.05, 0.1) is 13.2 Å². The number of rotatable bonds is 13. The van der Waals surface area contributed by atoms with Crippen LogP contribution in [0.5, 0.6) is 0 Å². The van der Waals surface area contributed by atoms with Gasteiger partial charge in [0, 0.05) is 0 Å². The molecule has 0 aromatic rings. The van der Waals surface area contributed by atoms with Gasteiger partial charge in [-0.05, 0) is 25.8 Å². The highest BCUT2D eigenvalue weighted by atomic mass is 16.7. The van der Waals surface area contributed by atoms with Gasteiger partial charge in [0.25, 0.3) is 0 Å². The SMILES string of the molecule is CCCCCCCCCCOC(=O)OCCCCN. The standard InChI is InChI=1S/C15H31NO3/c1-2-3-4-5-6-7-8-10-13-18-15(17)19-14-11-9-12-16/h2-14,16H2,1H3. The monoisotopic (exact) mass is 273 g/mol. The Morgan fingerprint density at radius 2 is 1.26 bits per heavy atom. The average molecular weight is 273 g/mol. The van der Waals surface area contributed by atoms with E-state index in [1.807, 2.05) is 0 Å². The van der Waals surface area contributed by atoms with Crippen LogP contribution in [0.25, 0.3) is 0 Å². The van der Waals surface area contributed by atoms with Crippen molar-refractivity contribution in [3.05, 3.63) is 0 Å². The molecule has 0 radical (unpaired) electrons. The molecule has 19 heavy (non-hydrogen) atoms. The molecular formula is C15H31NO3. The highest BCUT2D eigenvalue weighted by Gasteiger charge is 2.02. The Labute approximate surface area is 118 Å². The first-order valence-electron chi connectivity index (χ1n) is 7.81. The fourth-order valence-electron chi connectivity index (χ4n) is 1.84. The van der Waals surface area contributed by atoms with E-state index in [4.69, 9.17) is 15.2 Å². The minimum absolute atomic E-state index is 0.410.